The summed E-state index contributed by atoms with van der Waals surface area (Å²) in [5.41, 5.74) is 0.683. The minimum absolute atomic E-state index is 0.0527. The zero-order valence-electron chi connectivity index (χ0n) is 11.5. The van der Waals surface area contributed by atoms with E-state index in [1.165, 1.54) is 41.9 Å². The first-order valence-electron chi connectivity index (χ1n) is 6.17. The Morgan fingerprint density at radius 3 is 2.43 bits per heavy atom. The van der Waals surface area contributed by atoms with Gasteiger partial charge in [0.05, 0.1) is 5.02 Å². The summed E-state index contributed by atoms with van der Waals surface area (Å²) in [6.45, 7) is 1.72. The summed E-state index contributed by atoms with van der Waals surface area (Å²) in [5, 5.41) is 0.114. The third kappa shape index (κ3) is 3.23. The van der Waals surface area contributed by atoms with Crippen LogP contribution in [0.15, 0.2) is 47.6 Å². The molecule has 0 aliphatic heterocycles. The third-order valence-electron chi connectivity index (χ3n) is 3.29. The van der Waals surface area contributed by atoms with Crippen LogP contribution in [0.4, 0.5) is 4.39 Å². The molecule has 1 heterocycles. The summed E-state index contributed by atoms with van der Waals surface area (Å²) in [7, 11) is -2.33. The van der Waals surface area contributed by atoms with Crippen LogP contribution in [-0.4, -0.2) is 24.8 Å². The average Bonchev–Trinajstić information content (AvgIpc) is 2.46. The summed E-state index contributed by atoms with van der Waals surface area (Å²) in [6, 6.07) is 6.65. The number of pyridine rings is 1. The molecule has 2 rings (SSSR count). The molecule has 0 spiro atoms. The van der Waals surface area contributed by atoms with Crippen molar-refractivity contribution < 1.29 is 12.8 Å². The molecule has 0 saturated carbocycles. The van der Waals surface area contributed by atoms with Crippen molar-refractivity contribution >= 4 is 21.6 Å². The molecule has 0 radical (unpaired) electrons. The molecular formula is C14H14ClFN2O2S. The van der Waals surface area contributed by atoms with Gasteiger partial charge in [-0.05, 0) is 30.7 Å². The van der Waals surface area contributed by atoms with Crippen molar-refractivity contribution in [1.29, 1.82) is 0 Å². The largest absolute Gasteiger partial charge is 0.263 e. The summed E-state index contributed by atoms with van der Waals surface area (Å²) in [4.78, 5) is 3.75. The number of rotatable bonds is 4. The van der Waals surface area contributed by atoms with E-state index in [2.05, 4.69) is 4.98 Å². The van der Waals surface area contributed by atoms with Gasteiger partial charge in [0, 0.05) is 25.5 Å². The van der Waals surface area contributed by atoms with E-state index in [9.17, 15) is 12.8 Å². The maximum atomic E-state index is 12.9. The van der Waals surface area contributed by atoms with Crippen LogP contribution in [0.3, 0.4) is 0 Å². The standard InChI is InChI=1S/C14H14ClFN2O2S/c1-10(11-3-5-12(16)6-4-11)18(2)21(19,20)14-9-17-8-7-13(14)15/h3-10H,1-2H3. The van der Waals surface area contributed by atoms with Crippen LogP contribution in [0, 0.1) is 5.82 Å². The Morgan fingerprint density at radius 2 is 1.86 bits per heavy atom. The van der Waals surface area contributed by atoms with Crippen LogP contribution < -0.4 is 0 Å². The van der Waals surface area contributed by atoms with Crippen molar-refractivity contribution in [3.8, 4) is 0 Å². The topological polar surface area (TPSA) is 50.3 Å². The van der Waals surface area contributed by atoms with Gasteiger partial charge in [0.1, 0.15) is 10.7 Å². The van der Waals surface area contributed by atoms with E-state index in [1.54, 1.807) is 19.1 Å². The predicted molar refractivity (Wildman–Crippen MR) is 79.0 cm³/mol. The molecule has 0 bridgehead atoms. The lowest BCUT2D eigenvalue weighted by atomic mass is 10.1. The quantitative estimate of drug-likeness (QED) is 0.865. The molecule has 1 aromatic carbocycles. The van der Waals surface area contributed by atoms with Gasteiger partial charge in [-0.3, -0.25) is 4.98 Å². The van der Waals surface area contributed by atoms with Gasteiger partial charge in [-0.2, -0.15) is 4.31 Å². The average molecular weight is 329 g/mol. The summed E-state index contributed by atoms with van der Waals surface area (Å²) in [5.74, 6) is -0.369. The van der Waals surface area contributed by atoms with Crippen LogP contribution in [0.25, 0.3) is 0 Å². The van der Waals surface area contributed by atoms with Gasteiger partial charge >= 0.3 is 0 Å². The fourth-order valence-electron chi connectivity index (χ4n) is 1.87. The minimum Gasteiger partial charge on any atom is -0.263 e. The highest BCUT2D eigenvalue weighted by Gasteiger charge is 2.28. The second-order valence-electron chi connectivity index (χ2n) is 4.55. The molecule has 1 atom stereocenters. The van der Waals surface area contributed by atoms with Crippen molar-refractivity contribution in [2.75, 3.05) is 7.05 Å². The lowest BCUT2D eigenvalue weighted by Gasteiger charge is -2.25. The lowest BCUT2D eigenvalue weighted by Crippen LogP contribution is -2.30. The summed E-state index contributed by atoms with van der Waals surface area (Å²) < 4.78 is 39.3. The predicted octanol–water partition coefficient (Wildman–Crippen LogP) is 3.26. The first-order valence-corrected chi connectivity index (χ1v) is 7.99. The Kier molecular flexibility index (Phi) is 4.61. The van der Waals surface area contributed by atoms with E-state index in [4.69, 9.17) is 11.6 Å². The molecule has 7 heteroatoms. The summed E-state index contributed by atoms with van der Waals surface area (Å²) >= 11 is 5.93. The van der Waals surface area contributed by atoms with E-state index in [-0.39, 0.29) is 15.7 Å². The SMILES string of the molecule is CC(c1ccc(F)cc1)N(C)S(=O)(=O)c1cnccc1Cl. The van der Waals surface area contributed by atoms with Crippen LogP contribution in [0.5, 0.6) is 0 Å². The molecular weight excluding hydrogens is 315 g/mol. The van der Waals surface area contributed by atoms with E-state index >= 15 is 0 Å². The van der Waals surface area contributed by atoms with Gasteiger partial charge in [-0.25, -0.2) is 12.8 Å². The molecule has 0 fully saturated rings. The molecule has 0 N–H and O–H groups in total. The molecule has 1 unspecified atom stereocenters. The Hall–Kier alpha value is -1.50. The van der Waals surface area contributed by atoms with Crippen LogP contribution in [0.1, 0.15) is 18.5 Å². The Labute approximate surface area is 128 Å². The van der Waals surface area contributed by atoms with Crippen molar-refractivity contribution in [3.63, 3.8) is 0 Å². The zero-order valence-corrected chi connectivity index (χ0v) is 13.1. The first kappa shape index (κ1) is 15.9. The van der Waals surface area contributed by atoms with Gasteiger partial charge in [0.25, 0.3) is 0 Å². The van der Waals surface area contributed by atoms with Gasteiger partial charge in [-0.1, -0.05) is 23.7 Å². The smallest absolute Gasteiger partial charge is 0.246 e. The molecule has 0 aliphatic rings. The zero-order chi connectivity index (χ0) is 15.6. The van der Waals surface area contributed by atoms with E-state index in [0.717, 1.165) is 0 Å². The first-order chi connectivity index (χ1) is 9.84. The Morgan fingerprint density at radius 1 is 1.24 bits per heavy atom. The van der Waals surface area contributed by atoms with Crippen LogP contribution >= 0.6 is 11.6 Å². The fraction of sp³-hybridized carbons (Fsp3) is 0.214. The second kappa shape index (κ2) is 6.09. The van der Waals surface area contributed by atoms with E-state index < -0.39 is 16.1 Å². The number of hydrogen-bond acceptors (Lipinski definition) is 3. The molecule has 0 aliphatic carbocycles. The van der Waals surface area contributed by atoms with Gasteiger partial charge < -0.3 is 0 Å². The summed E-state index contributed by atoms with van der Waals surface area (Å²) in [6.07, 6.45) is 2.64. The monoisotopic (exact) mass is 328 g/mol. The number of aromatic nitrogens is 1. The number of nitrogens with zero attached hydrogens (tertiary/aromatic N) is 2. The number of halogens is 2. The molecule has 0 saturated heterocycles. The number of hydrogen-bond donors (Lipinski definition) is 0. The second-order valence-corrected chi connectivity index (χ2v) is 6.93. The highest BCUT2D eigenvalue weighted by molar-refractivity contribution is 7.89. The third-order valence-corrected chi connectivity index (χ3v) is 5.69. The maximum absolute atomic E-state index is 12.9. The molecule has 0 amide bonds. The van der Waals surface area contributed by atoms with Gasteiger partial charge in [0.15, 0.2) is 0 Å². The molecule has 2 aromatic rings. The van der Waals surface area contributed by atoms with Crippen molar-refractivity contribution in [2.24, 2.45) is 0 Å². The van der Waals surface area contributed by atoms with E-state index in [0.29, 0.717) is 5.56 Å². The lowest BCUT2D eigenvalue weighted by molar-refractivity contribution is 0.398. The number of sulfonamides is 1. The molecule has 21 heavy (non-hydrogen) atoms. The molecule has 112 valence electrons. The minimum atomic E-state index is -3.78. The van der Waals surface area contributed by atoms with E-state index in [1.807, 2.05) is 0 Å². The Balaban J connectivity index is 2.36. The van der Waals surface area contributed by atoms with Crippen molar-refractivity contribution in [3.05, 3.63) is 59.1 Å². The fourth-order valence-corrected chi connectivity index (χ4v) is 3.62. The van der Waals surface area contributed by atoms with Crippen LogP contribution in [0.2, 0.25) is 5.02 Å². The molecule has 4 nitrogen and oxygen atoms in total. The van der Waals surface area contributed by atoms with Crippen molar-refractivity contribution in [2.45, 2.75) is 17.9 Å². The number of benzene rings is 1. The Bertz CT molecular complexity index is 735. The highest BCUT2D eigenvalue weighted by Crippen LogP contribution is 2.28. The van der Waals surface area contributed by atoms with Gasteiger partial charge in [0.2, 0.25) is 10.0 Å². The maximum Gasteiger partial charge on any atom is 0.246 e. The van der Waals surface area contributed by atoms with Gasteiger partial charge in [-0.15, -0.1) is 0 Å². The van der Waals surface area contributed by atoms with Crippen LogP contribution in [-0.2, 0) is 10.0 Å². The molecule has 1 aromatic heterocycles. The van der Waals surface area contributed by atoms with Crippen molar-refractivity contribution in [1.82, 2.24) is 9.29 Å². The normalized spacial score (nSPS) is 13.4. The highest BCUT2D eigenvalue weighted by atomic mass is 35.5.